The maximum Gasteiger partial charge on any atom is 0.0946 e. The highest BCUT2D eigenvalue weighted by Crippen LogP contribution is 2.42. The highest BCUT2D eigenvalue weighted by atomic mass is 15.0. The largest absolute Gasteiger partial charge is 0.372 e. The van der Waals surface area contributed by atoms with E-state index in [0.29, 0.717) is 23.7 Å². The van der Waals surface area contributed by atoms with Crippen molar-refractivity contribution in [3.8, 4) is 22.5 Å². The van der Waals surface area contributed by atoms with Crippen LogP contribution in [0.3, 0.4) is 0 Å². The second-order valence-electron chi connectivity index (χ2n) is 22.5. The van der Waals surface area contributed by atoms with Crippen LogP contribution in [-0.2, 0) is 0 Å². The van der Waals surface area contributed by atoms with Crippen LogP contribution < -0.4 is 10.6 Å². The van der Waals surface area contributed by atoms with Gasteiger partial charge in [0, 0.05) is 22.5 Å². The van der Waals surface area contributed by atoms with Gasteiger partial charge >= 0.3 is 0 Å². The SMILES string of the molecule is CC(C)c1cccc(C(C)C)c1NC(c1cccc(-c2cccc3ccccc23)n1)c1cccc2ccccc12.CC(C)c1cccc(C(C)C)c1NC(c1ccccc1)c1cccc(-c2c3ccccc3cc3ccccc23)n1. The van der Waals surface area contributed by atoms with Crippen LogP contribution in [0.15, 0.2) is 243 Å². The summed E-state index contributed by atoms with van der Waals surface area (Å²) >= 11 is 0. The van der Waals surface area contributed by atoms with Crippen LogP contribution in [-0.4, -0.2) is 9.97 Å². The van der Waals surface area contributed by atoms with Crippen molar-refractivity contribution in [3.05, 3.63) is 287 Å². The molecule has 2 heterocycles. The summed E-state index contributed by atoms with van der Waals surface area (Å²) in [6.07, 6.45) is 0. The van der Waals surface area contributed by atoms with Crippen LogP contribution >= 0.6 is 0 Å². The van der Waals surface area contributed by atoms with Crippen LogP contribution in [0.4, 0.5) is 11.4 Å². The van der Waals surface area contributed by atoms with Crippen molar-refractivity contribution in [1.29, 1.82) is 0 Å². The van der Waals surface area contributed by atoms with Gasteiger partial charge in [-0.3, -0.25) is 9.97 Å². The zero-order chi connectivity index (χ0) is 55.3. The first-order valence-corrected chi connectivity index (χ1v) is 28.7. The van der Waals surface area contributed by atoms with Gasteiger partial charge in [0.05, 0.1) is 34.9 Å². The van der Waals surface area contributed by atoms with Gasteiger partial charge in [0.15, 0.2) is 0 Å². The molecule has 0 aliphatic rings. The average molecular weight is 1040 g/mol. The first-order valence-electron chi connectivity index (χ1n) is 28.7. The van der Waals surface area contributed by atoms with E-state index in [4.69, 9.17) is 9.97 Å². The molecule has 10 aromatic carbocycles. The number of hydrogen-bond donors (Lipinski definition) is 2. The van der Waals surface area contributed by atoms with Gasteiger partial charge in [0.25, 0.3) is 0 Å². The second-order valence-corrected chi connectivity index (χ2v) is 22.5. The first kappa shape index (κ1) is 53.2. The van der Waals surface area contributed by atoms with E-state index in [9.17, 15) is 0 Å². The Morgan fingerprint density at radius 1 is 0.287 bits per heavy atom. The number of rotatable bonds is 14. The molecular formula is C76H72N4. The van der Waals surface area contributed by atoms with Crippen molar-refractivity contribution in [2.24, 2.45) is 0 Å². The lowest BCUT2D eigenvalue weighted by atomic mass is 9.90. The molecule has 0 amide bonds. The van der Waals surface area contributed by atoms with Crippen molar-refractivity contribution >= 4 is 54.5 Å². The number of aromatic nitrogens is 2. The molecule has 0 bridgehead atoms. The standard InChI is InChI=1S/2C38H36N2/c1-25(2)29-19-11-20-30(26(3)4)37(29)40-38(34-22-10-16-28-14-6-8-18-32(28)34)36-24-12-23-35(39-36)33-21-9-15-27-13-5-7-17-31(27)33;1-25(2)30-20-12-21-31(26(3)4)38(30)40-37(27-14-6-5-7-15-27)35-23-13-22-34(39-35)36-32-18-10-8-16-28(32)24-29-17-9-11-19-33(29)36/h5-26,38,40H,1-4H3;5-26,37,40H,1-4H3. The maximum absolute atomic E-state index is 5.40. The molecule has 2 atom stereocenters. The van der Waals surface area contributed by atoms with Crippen LogP contribution in [0.1, 0.15) is 136 Å². The molecule has 0 saturated heterocycles. The molecule has 4 nitrogen and oxygen atoms in total. The van der Waals surface area contributed by atoms with E-state index in [1.54, 1.807) is 0 Å². The third-order valence-electron chi connectivity index (χ3n) is 15.8. The van der Waals surface area contributed by atoms with Gasteiger partial charge < -0.3 is 10.6 Å². The number of benzene rings is 10. The number of pyridine rings is 2. The number of anilines is 2. The van der Waals surface area contributed by atoms with E-state index >= 15 is 0 Å². The summed E-state index contributed by atoms with van der Waals surface area (Å²) in [5.74, 6) is 1.59. The van der Waals surface area contributed by atoms with Gasteiger partial charge in [0.2, 0.25) is 0 Å². The third-order valence-corrected chi connectivity index (χ3v) is 15.8. The summed E-state index contributed by atoms with van der Waals surface area (Å²) in [4.78, 5) is 10.8. The van der Waals surface area contributed by atoms with Crippen molar-refractivity contribution in [2.75, 3.05) is 10.6 Å². The number of hydrogen-bond acceptors (Lipinski definition) is 4. The van der Waals surface area contributed by atoms with Gasteiger partial charge in [0.1, 0.15) is 0 Å². The molecule has 2 unspecified atom stereocenters. The first-order chi connectivity index (χ1) is 39.0. The van der Waals surface area contributed by atoms with Gasteiger partial charge in [-0.15, -0.1) is 0 Å². The predicted molar refractivity (Wildman–Crippen MR) is 342 cm³/mol. The van der Waals surface area contributed by atoms with Crippen molar-refractivity contribution in [2.45, 2.75) is 91.1 Å². The fourth-order valence-corrected chi connectivity index (χ4v) is 11.8. The zero-order valence-electron chi connectivity index (χ0n) is 47.5. The van der Waals surface area contributed by atoms with Crippen molar-refractivity contribution < 1.29 is 0 Å². The molecule has 396 valence electrons. The zero-order valence-corrected chi connectivity index (χ0v) is 47.5. The number of para-hydroxylation sites is 2. The van der Waals surface area contributed by atoms with Crippen LogP contribution in [0.2, 0.25) is 0 Å². The second kappa shape index (κ2) is 23.6. The van der Waals surface area contributed by atoms with Crippen LogP contribution in [0, 0.1) is 0 Å². The fraction of sp³-hybridized carbons (Fsp3) is 0.184. The summed E-state index contributed by atoms with van der Waals surface area (Å²) < 4.78 is 0. The lowest BCUT2D eigenvalue weighted by Crippen LogP contribution is -2.17. The summed E-state index contributed by atoms with van der Waals surface area (Å²) in [5.41, 5.74) is 16.6. The lowest BCUT2D eigenvalue weighted by Gasteiger charge is -2.27. The molecule has 2 N–H and O–H groups in total. The smallest absolute Gasteiger partial charge is 0.0946 e. The minimum Gasteiger partial charge on any atom is -0.372 e. The summed E-state index contributed by atoms with van der Waals surface area (Å²) in [6, 6.07) is 86.7. The van der Waals surface area contributed by atoms with Crippen molar-refractivity contribution in [1.82, 2.24) is 9.97 Å². The number of nitrogens with zero attached hydrogens (tertiary/aromatic N) is 2. The highest BCUT2D eigenvalue weighted by molar-refractivity contribution is 6.12. The highest BCUT2D eigenvalue weighted by Gasteiger charge is 2.25. The summed E-state index contributed by atoms with van der Waals surface area (Å²) in [5, 5.41) is 17.9. The molecule has 80 heavy (non-hydrogen) atoms. The molecular weight excluding hydrogens is 969 g/mol. The van der Waals surface area contributed by atoms with Gasteiger partial charge in [-0.05, 0) is 130 Å². The maximum atomic E-state index is 5.40. The van der Waals surface area contributed by atoms with E-state index in [1.807, 2.05) is 0 Å². The fourth-order valence-electron chi connectivity index (χ4n) is 11.8. The number of fused-ring (bicyclic) bond motifs is 4. The normalized spacial score (nSPS) is 12.3. The summed E-state index contributed by atoms with van der Waals surface area (Å²) in [6.45, 7) is 18.2. The Balaban J connectivity index is 0.000000169. The summed E-state index contributed by atoms with van der Waals surface area (Å²) in [7, 11) is 0. The van der Waals surface area contributed by atoms with Gasteiger partial charge in [-0.25, -0.2) is 0 Å². The molecule has 0 aliphatic carbocycles. The van der Waals surface area contributed by atoms with E-state index in [1.165, 1.54) is 93.4 Å². The third kappa shape index (κ3) is 11.0. The molecule has 0 fully saturated rings. The minimum atomic E-state index is -0.126. The minimum absolute atomic E-state index is 0.0974. The molecule has 2 aromatic heterocycles. The molecule has 0 radical (unpaired) electrons. The van der Waals surface area contributed by atoms with Crippen LogP contribution in [0.5, 0.6) is 0 Å². The van der Waals surface area contributed by atoms with E-state index < -0.39 is 0 Å². The van der Waals surface area contributed by atoms with Crippen molar-refractivity contribution in [3.63, 3.8) is 0 Å². The Morgan fingerprint density at radius 3 is 1.21 bits per heavy atom. The predicted octanol–water partition coefficient (Wildman–Crippen LogP) is 21.0. The van der Waals surface area contributed by atoms with Gasteiger partial charge in [-0.1, -0.05) is 268 Å². The molecule has 4 heteroatoms. The average Bonchev–Trinajstić information content (AvgIpc) is 3.51. The molecule has 0 aliphatic heterocycles. The molecule has 12 aromatic rings. The lowest BCUT2D eigenvalue weighted by molar-refractivity contribution is 0.814. The van der Waals surface area contributed by atoms with E-state index in [2.05, 4.69) is 309 Å². The molecule has 12 rings (SSSR count). The topological polar surface area (TPSA) is 49.8 Å². The Morgan fingerprint density at radius 2 is 0.662 bits per heavy atom. The Kier molecular flexibility index (Phi) is 15.7. The Labute approximate surface area is 473 Å². The molecule has 0 spiro atoms. The van der Waals surface area contributed by atoms with Gasteiger partial charge in [-0.2, -0.15) is 0 Å². The monoisotopic (exact) mass is 1040 g/mol. The Bertz CT molecular complexity index is 4000. The molecule has 0 saturated carbocycles. The quantitative estimate of drug-likeness (QED) is 0.107. The van der Waals surface area contributed by atoms with E-state index in [0.717, 1.165) is 28.3 Å². The number of nitrogens with one attached hydrogen (secondary N) is 2. The van der Waals surface area contributed by atoms with E-state index in [-0.39, 0.29) is 12.1 Å². The Hall–Kier alpha value is -8.86. The van der Waals surface area contributed by atoms with Crippen LogP contribution in [0.25, 0.3) is 65.6 Å².